The van der Waals surface area contributed by atoms with Gasteiger partial charge in [0, 0.05) is 11.8 Å². The van der Waals surface area contributed by atoms with Crippen molar-refractivity contribution in [1.82, 2.24) is 4.90 Å². The van der Waals surface area contributed by atoms with E-state index in [1.165, 1.54) is 17.0 Å². The lowest BCUT2D eigenvalue weighted by Gasteiger charge is -2.29. The van der Waals surface area contributed by atoms with Crippen molar-refractivity contribution in [1.29, 1.82) is 5.26 Å². The molecule has 0 N–H and O–H groups in total. The molecule has 0 aliphatic heterocycles. The molecule has 1 aliphatic rings. The molecule has 5 heteroatoms. The summed E-state index contributed by atoms with van der Waals surface area (Å²) in [7, 11) is 1.66. The fourth-order valence-electron chi connectivity index (χ4n) is 2.36. The van der Waals surface area contributed by atoms with Gasteiger partial charge in [0.1, 0.15) is 11.9 Å². The zero-order valence-corrected chi connectivity index (χ0v) is 12.4. The second kappa shape index (κ2) is 5.84. The molecule has 2 rings (SSSR count). The number of amides is 1. The number of hydrogen-bond donors (Lipinski definition) is 0. The van der Waals surface area contributed by atoms with Gasteiger partial charge in [-0.3, -0.25) is 4.79 Å². The summed E-state index contributed by atoms with van der Waals surface area (Å²) in [5.74, 6) is -0.500. The molecule has 0 heterocycles. The summed E-state index contributed by atoms with van der Waals surface area (Å²) in [6.45, 7) is 0. The first kappa shape index (κ1) is 14.9. The van der Waals surface area contributed by atoms with Crippen molar-refractivity contribution in [2.75, 3.05) is 13.3 Å². The highest BCUT2D eigenvalue weighted by Crippen LogP contribution is 2.51. The average Bonchev–Trinajstić information content (AvgIpc) is 3.20. The van der Waals surface area contributed by atoms with E-state index in [0.29, 0.717) is 5.56 Å². The van der Waals surface area contributed by atoms with Gasteiger partial charge < -0.3 is 4.90 Å². The molecular weight excluding hydrogens is 275 g/mol. The minimum atomic E-state index is -0.418. The van der Waals surface area contributed by atoms with Crippen LogP contribution in [0.15, 0.2) is 24.3 Å². The van der Waals surface area contributed by atoms with Crippen molar-refractivity contribution < 1.29 is 9.18 Å². The highest BCUT2D eigenvalue weighted by Gasteiger charge is 2.51. The van der Waals surface area contributed by atoms with Crippen LogP contribution in [0.4, 0.5) is 4.39 Å². The van der Waals surface area contributed by atoms with E-state index in [9.17, 15) is 14.4 Å². The largest absolute Gasteiger partial charge is 0.328 e. The molecule has 1 atom stereocenters. The summed E-state index contributed by atoms with van der Waals surface area (Å²) in [5, 5.41) is 9.35. The maximum Gasteiger partial charge on any atom is 0.227 e. The number of likely N-dealkylation sites (N-methyl/N-ethyl adjacent to an activating group) is 1. The Morgan fingerprint density at radius 3 is 2.80 bits per heavy atom. The fourth-order valence-corrected chi connectivity index (χ4v) is 3.30. The van der Waals surface area contributed by atoms with Gasteiger partial charge in [-0.15, -0.1) is 0 Å². The zero-order chi connectivity index (χ0) is 14.8. The van der Waals surface area contributed by atoms with Crippen molar-refractivity contribution in [3.05, 3.63) is 35.6 Å². The molecule has 1 aromatic rings. The predicted octanol–water partition coefficient (Wildman–Crippen LogP) is 2.61. The molecule has 1 amide bonds. The Labute approximate surface area is 122 Å². The third-order valence-electron chi connectivity index (χ3n) is 3.80. The number of carbonyl (C=O) groups is 1. The van der Waals surface area contributed by atoms with Crippen LogP contribution in [-0.2, 0) is 11.2 Å². The first-order valence-electron chi connectivity index (χ1n) is 6.47. The van der Waals surface area contributed by atoms with Gasteiger partial charge in [0.25, 0.3) is 0 Å². The standard InChI is InChI=1S/C15H17FN2OS/c1-18(13(10-17)15(20-2)6-7-15)14(19)9-11-4-3-5-12(16)8-11/h3-5,8,13H,6-7,9H2,1-2H3. The summed E-state index contributed by atoms with van der Waals surface area (Å²) >= 11 is 1.65. The minimum absolute atomic E-state index is 0.110. The van der Waals surface area contributed by atoms with Crippen LogP contribution in [0.2, 0.25) is 0 Å². The lowest BCUT2D eigenvalue weighted by molar-refractivity contribution is -0.130. The van der Waals surface area contributed by atoms with Gasteiger partial charge in [0.15, 0.2) is 0 Å². The summed E-state index contributed by atoms with van der Waals surface area (Å²) in [5.41, 5.74) is 0.632. The van der Waals surface area contributed by atoms with Crippen molar-refractivity contribution in [3.63, 3.8) is 0 Å². The van der Waals surface area contributed by atoms with Gasteiger partial charge in [-0.25, -0.2) is 4.39 Å². The monoisotopic (exact) mass is 292 g/mol. The molecule has 1 saturated carbocycles. The number of thioether (sulfide) groups is 1. The summed E-state index contributed by atoms with van der Waals surface area (Å²) < 4.78 is 13.0. The van der Waals surface area contributed by atoms with Crippen molar-refractivity contribution in [3.8, 4) is 6.07 Å². The number of benzene rings is 1. The Kier molecular flexibility index (Phi) is 4.34. The lowest BCUT2D eigenvalue weighted by Crippen LogP contribution is -2.44. The van der Waals surface area contributed by atoms with Crippen LogP contribution in [0.3, 0.4) is 0 Å². The van der Waals surface area contributed by atoms with E-state index in [0.717, 1.165) is 12.8 Å². The van der Waals surface area contributed by atoms with Crippen molar-refractivity contribution >= 4 is 17.7 Å². The molecule has 1 fully saturated rings. The normalized spacial score (nSPS) is 17.1. The summed E-state index contributed by atoms with van der Waals surface area (Å²) in [6, 6.07) is 7.84. The summed E-state index contributed by atoms with van der Waals surface area (Å²) in [6.07, 6.45) is 4.02. The van der Waals surface area contributed by atoms with Gasteiger partial charge in [0.2, 0.25) is 5.91 Å². The van der Waals surface area contributed by atoms with Crippen molar-refractivity contribution in [2.45, 2.75) is 30.1 Å². The van der Waals surface area contributed by atoms with Crippen LogP contribution in [0.1, 0.15) is 18.4 Å². The Hall–Kier alpha value is -1.54. The number of halogens is 1. The molecule has 0 radical (unpaired) electrons. The van der Waals surface area contributed by atoms with E-state index in [4.69, 9.17) is 0 Å². The molecule has 1 aromatic carbocycles. The van der Waals surface area contributed by atoms with Crippen LogP contribution in [0.5, 0.6) is 0 Å². The number of hydrogen-bond acceptors (Lipinski definition) is 3. The smallest absolute Gasteiger partial charge is 0.227 e. The third-order valence-corrected chi connectivity index (χ3v) is 5.24. The third kappa shape index (κ3) is 2.96. The molecule has 1 unspecified atom stereocenters. The van der Waals surface area contributed by atoms with Crippen LogP contribution in [-0.4, -0.2) is 34.9 Å². The lowest BCUT2D eigenvalue weighted by atomic mass is 10.1. The van der Waals surface area contributed by atoms with Crippen LogP contribution < -0.4 is 0 Å². The minimum Gasteiger partial charge on any atom is -0.328 e. The second-order valence-corrected chi connectivity index (χ2v) is 6.33. The van der Waals surface area contributed by atoms with Crippen molar-refractivity contribution in [2.24, 2.45) is 0 Å². The average molecular weight is 292 g/mol. The molecule has 20 heavy (non-hydrogen) atoms. The zero-order valence-electron chi connectivity index (χ0n) is 11.6. The molecule has 0 bridgehead atoms. The maximum atomic E-state index is 13.1. The van der Waals surface area contributed by atoms with E-state index in [-0.39, 0.29) is 22.9 Å². The number of nitrogens with zero attached hydrogens (tertiary/aromatic N) is 2. The molecule has 1 aliphatic carbocycles. The van der Waals surface area contributed by atoms with Crippen LogP contribution >= 0.6 is 11.8 Å². The maximum absolute atomic E-state index is 13.1. The molecule has 0 saturated heterocycles. The number of nitriles is 1. The van der Waals surface area contributed by atoms with Gasteiger partial charge >= 0.3 is 0 Å². The number of rotatable bonds is 5. The van der Waals surface area contributed by atoms with E-state index >= 15 is 0 Å². The highest BCUT2D eigenvalue weighted by molar-refractivity contribution is 8.00. The Bertz CT molecular complexity index is 551. The quantitative estimate of drug-likeness (QED) is 0.838. The predicted molar refractivity (Wildman–Crippen MR) is 77.8 cm³/mol. The molecule has 106 valence electrons. The second-order valence-electron chi connectivity index (χ2n) is 5.11. The van der Waals surface area contributed by atoms with Crippen LogP contribution in [0, 0.1) is 17.1 Å². The fraction of sp³-hybridized carbons (Fsp3) is 0.467. The Morgan fingerprint density at radius 1 is 1.60 bits per heavy atom. The Balaban J connectivity index is 2.07. The summed E-state index contributed by atoms with van der Waals surface area (Å²) in [4.78, 5) is 13.8. The van der Waals surface area contributed by atoms with Gasteiger partial charge in [-0.05, 0) is 36.8 Å². The Morgan fingerprint density at radius 2 is 2.30 bits per heavy atom. The number of carbonyl (C=O) groups excluding carboxylic acids is 1. The van der Waals surface area contributed by atoms with Gasteiger partial charge in [-0.2, -0.15) is 17.0 Å². The van der Waals surface area contributed by atoms with E-state index < -0.39 is 6.04 Å². The van der Waals surface area contributed by atoms with Gasteiger partial charge in [0.05, 0.1) is 12.5 Å². The first-order valence-corrected chi connectivity index (χ1v) is 7.70. The van der Waals surface area contributed by atoms with Gasteiger partial charge in [-0.1, -0.05) is 12.1 Å². The topological polar surface area (TPSA) is 44.1 Å². The van der Waals surface area contributed by atoms with E-state index in [1.54, 1.807) is 30.9 Å². The first-order chi connectivity index (χ1) is 9.52. The highest BCUT2D eigenvalue weighted by atomic mass is 32.2. The molecular formula is C15H17FN2OS. The SMILES string of the molecule is CSC1(C(C#N)N(C)C(=O)Cc2cccc(F)c2)CC1. The van der Waals surface area contributed by atoms with Crippen LogP contribution in [0.25, 0.3) is 0 Å². The molecule has 0 spiro atoms. The van der Waals surface area contributed by atoms with E-state index in [1.807, 2.05) is 6.26 Å². The molecule has 3 nitrogen and oxygen atoms in total. The molecule has 0 aromatic heterocycles. The van der Waals surface area contributed by atoms with E-state index in [2.05, 4.69) is 6.07 Å².